The van der Waals surface area contributed by atoms with E-state index in [9.17, 15) is 4.79 Å². The van der Waals surface area contributed by atoms with Crippen LogP contribution in [0.3, 0.4) is 0 Å². The van der Waals surface area contributed by atoms with Crippen LogP contribution in [0.25, 0.3) is 17.1 Å². The smallest absolute Gasteiger partial charge is 0.274 e. The molecule has 2 N–H and O–H groups in total. The third-order valence-corrected chi connectivity index (χ3v) is 6.85. The SMILES string of the molecule is O=C1NC(=NC23CC4CC(CC(C4)C2)C3)N/C1=C\c1ccc2ncccc2n1. The molecule has 0 unspecified atom stereocenters. The van der Waals surface area contributed by atoms with Gasteiger partial charge in [-0.3, -0.25) is 15.1 Å². The molecule has 1 aliphatic heterocycles. The average Bonchev–Trinajstić information content (AvgIpc) is 2.98. The summed E-state index contributed by atoms with van der Waals surface area (Å²) in [6, 6.07) is 7.59. The van der Waals surface area contributed by atoms with Gasteiger partial charge in [0.05, 0.1) is 22.3 Å². The van der Waals surface area contributed by atoms with Crippen LogP contribution in [0.2, 0.25) is 0 Å². The second-order valence-electron chi connectivity index (χ2n) is 9.02. The first kappa shape index (κ1) is 16.2. The highest BCUT2D eigenvalue weighted by atomic mass is 16.2. The van der Waals surface area contributed by atoms with Crippen molar-refractivity contribution in [3.8, 4) is 0 Å². The van der Waals surface area contributed by atoms with E-state index in [1.807, 2.05) is 24.3 Å². The zero-order valence-electron chi connectivity index (χ0n) is 15.7. The number of hydrogen-bond acceptors (Lipinski definition) is 4. The number of rotatable bonds is 2. The Labute approximate surface area is 163 Å². The van der Waals surface area contributed by atoms with Crippen molar-refractivity contribution in [2.45, 2.75) is 44.1 Å². The van der Waals surface area contributed by atoms with Crippen molar-refractivity contribution in [3.05, 3.63) is 41.9 Å². The molecule has 7 rings (SSSR count). The summed E-state index contributed by atoms with van der Waals surface area (Å²) in [4.78, 5) is 26.4. The quantitative estimate of drug-likeness (QED) is 0.793. The largest absolute Gasteiger partial charge is 0.321 e. The maximum absolute atomic E-state index is 12.5. The number of aromatic nitrogens is 2. The standard InChI is InChI=1S/C22H23N5O/c28-20-19(9-16-3-4-17-18(24-16)2-1-5-23-17)25-21(26-20)27-22-10-13-6-14(11-22)8-15(7-13)12-22/h1-5,9,13-15H,6-8,10-12H2,(H2,25,26,27,28)/b19-9-. The van der Waals surface area contributed by atoms with Crippen molar-refractivity contribution < 1.29 is 4.79 Å². The van der Waals surface area contributed by atoms with Crippen LogP contribution >= 0.6 is 0 Å². The van der Waals surface area contributed by atoms with Gasteiger partial charge in [-0.1, -0.05) is 0 Å². The van der Waals surface area contributed by atoms with Crippen molar-refractivity contribution in [1.29, 1.82) is 0 Å². The number of fused-ring (bicyclic) bond motifs is 1. The van der Waals surface area contributed by atoms with Crippen LogP contribution in [-0.4, -0.2) is 27.4 Å². The predicted octanol–water partition coefficient (Wildman–Crippen LogP) is 3.01. The highest BCUT2D eigenvalue weighted by Gasteiger charge is 2.51. The Kier molecular flexibility index (Phi) is 3.40. The van der Waals surface area contributed by atoms with E-state index in [0.29, 0.717) is 11.7 Å². The van der Waals surface area contributed by atoms with Gasteiger partial charge in [0, 0.05) is 6.20 Å². The molecule has 142 valence electrons. The lowest BCUT2D eigenvalue weighted by molar-refractivity contribution is -0.115. The number of nitrogens with zero attached hydrogens (tertiary/aromatic N) is 3. The molecule has 5 aliphatic rings. The molecular formula is C22H23N5O. The van der Waals surface area contributed by atoms with E-state index in [1.165, 1.54) is 38.5 Å². The normalized spacial score (nSPS) is 36.3. The summed E-state index contributed by atoms with van der Waals surface area (Å²) >= 11 is 0. The molecular weight excluding hydrogens is 350 g/mol. The van der Waals surface area contributed by atoms with Crippen molar-refractivity contribution in [2.75, 3.05) is 0 Å². The Hall–Kier alpha value is -2.76. The average molecular weight is 373 g/mol. The second-order valence-corrected chi connectivity index (χ2v) is 9.02. The number of pyridine rings is 2. The lowest BCUT2D eigenvalue weighted by Crippen LogP contribution is -2.50. The third kappa shape index (κ3) is 2.70. The minimum atomic E-state index is -0.142. The Morgan fingerprint density at radius 1 is 1.00 bits per heavy atom. The summed E-state index contributed by atoms with van der Waals surface area (Å²) in [6.07, 6.45) is 11.2. The fourth-order valence-electron chi connectivity index (χ4n) is 6.19. The van der Waals surface area contributed by atoms with Gasteiger partial charge in [-0.2, -0.15) is 0 Å². The molecule has 1 saturated heterocycles. The molecule has 3 heterocycles. The summed E-state index contributed by atoms with van der Waals surface area (Å²) in [5.41, 5.74) is 2.93. The molecule has 4 saturated carbocycles. The van der Waals surface area contributed by atoms with Gasteiger partial charge in [-0.15, -0.1) is 0 Å². The summed E-state index contributed by atoms with van der Waals surface area (Å²) in [5.74, 6) is 2.96. The van der Waals surface area contributed by atoms with Crippen LogP contribution in [0.5, 0.6) is 0 Å². The second kappa shape index (κ2) is 5.87. The molecule has 28 heavy (non-hydrogen) atoms. The number of amides is 1. The topological polar surface area (TPSA) is 79.3 Å². The van der Waals surface area contributed by atoms with Crippen molar-refractivity contribution in [2.24, 2.45) is 22.7 Å². The molecule has 0 spiro atoms. The van der Waals surface area contributed by atoms with Gasteiger partial charge in [0.25, 0.3) is 5.91 Å². The van der Waals surface area contributed by atoms with Gasteiger partial charge in [0.1, 0.15) is 5.70 Å². The van der Waals surface area contributed by atoms with E-state index in [0.717, 1.165) is 34.5 Å². The summed E-state index contributed by atoms with van der Waals surface area (Å²) < 4.78 is 0. The van der Waals surface area contributed by atoms with Gasteiger partial charge in [-0.25, -0.2) is 9.98 Å². The van der Waals surface area contributed by atoms with Crippen molar-refractivity contribution in [1.82, 2.24) is 20.6 Å². The van der Waals surface area contributed by atoms with Crippen LogP contribution in [-0.2, 0) is 4.79 Å². The predicted molar refractivity (Wildman–Crippen MR) is 107 cm³/mol. The first-order chi connectivity index (χ1) is 13.6. The van der Waals surface area contributed by atoms with E-state index >= 15 is 0 Å². The molecule has 2 aromatic heterocycles. The minimum Gasteiger partial charge on any atom is -0.321 e. The Morgan fingerprint density at radius 3 is 2.50 bits per heavy atom. The number of aliphatic imine (C=N–C) groups is 1. The van der Waals surface area contributed by atoms with Crippen LogP contribution in [0.4, 0.5) is 0 Å². The first-order valence-electron chi connectivity index (χ1n) is 10.3. The molecule has 6 heteroatoms. The zero-order valence-corrected chi connectivity index (χ0v) is 15.7. The summed E-state index contributed by atoms with van der Waals surface area (Å²) in [6.45, 7) is 0. The van der Waals surface area contributed by atoms with Crippen LogP contribution in [0, 0.1) is 17.8 Å². The van der Waals surface area contributed by atoms with Crippen LogP contribution < -0.4 is 10.6 Å². The Bertz CT molecular complexity index is 1000. The molecule has 1 amide bonds. The third-order valence-electron chi connectivity index (χ3n) is 6.85. The molecule has 4 bridgehead atoms. The van der Waals surface area contributed by atoms with E-state index in [-0.39, 0.29) is 11.4 Å². The fourth-order valence-corrected chi connectivity index (χ4v) is 6.19. The van der Waals surface area contributed by atoms with Gasteiger partial charge in [0.15, 0.2) is 0 Å². The van der Waals surface area contributed by atoms with Crippen molar-refractivity contribution >= 4 is 29.0 Å². The maximum atomic E-state index is 12.5. The van der Waals surface area contributed by atoms with Gasteiger partial charge in [-0.05, 0) is 86.6 Å². The number of hydrogen-bond donors (Lipinski definition) is 2. The highest BCUT2D eigenvalue weighted by molar-refractivity contribution is 6.15. The van der Waals surface area contributed by atoms with Gasteiger partial charge >= 0.3 is 0 Å². The number of carbonyl (C=O) groups excluding carboxylic acids is 1. The molecule has 2 aromatic rings. The highest BCUT2D eigenvalue weighted by Crippen LogP contribution is 2.57. The monoisotopic (exact) mass is 373 g/mol. The van der Waals surface area contributed by atoms with Crippen LogP contribution in [0.15, 0.2) is 41.2 Å². The molecule has 5 fully saturated rings. The van der Waals surface area contributed by atoms with Gasteiger partial charge in [0.2, 0.25) is 5.96 Å². The summed E-state index contributed by atoms with van der Waals surface area (Å²) in [7, 11) is 0. The molecule has 4 aliphatic carbocycles. The molecule has 0 radical (unpaired) electrons. The number of carbonyl (C=O) groups is 1. The Morgan fingerprint density at radius 2 is 1.75 bits per heavy atom. The molecule has 0 atom stereocenters. The minimum absolute atomic E-state index is 0.0344. The van der Waals surface area contributed by atoms with Gasteiger partial charge < -0.3 is 5.32 Å². The lowest BCUT2D eigenvalue weighted by atomic mass is 9.53. The lowest BCUT2D eigenvalue weighted by Gasteiger charge is -2.54. The fraction of sp³-hybridized carbons (Fsp3) is 0.455. The van der Waals surface area contributed by atoms with E-state index in [2.05, 4.69) is 20.6 Å². The molecule has 6 nitrogen and oxygen atoms in total. The maximum Gasteiger partial charge on any atom is 0.274 e. The van der Waals surface area contributed by atoms with E-state index in [4.69, 9.17) is 4.99 Å². The zero-order chi connectivity index (χ0) is 18.7. The number of nitrogens with one attached hydrogen (secondary N) is 2. The van der Waals surface area contributed by atoms with Crippen LogP contribution in [0.1, 0.15) is 44.2 Å². The first-order valence-corrected chi connectivity index (χ1v) is 10.3. The molecule has 0 aromatic carbocycles. The van der Waals surface area contributed by atoms with E-state index < -0.39 is 0 Å². The van der Waals surface area contributed by atoms with E-state index in [1.54, 1.807) is 12.3 Å². The Balaban J connectivity index is 1.27. The van der Waals surface area contributed by atoms with Crippen molar-refractivity contribution in [3.63, 3.8) is 0 Å². The number of guanidine groups is 1. The summed E-state index contributed by atoms with van der Waals surface area (Å²) in [5, 5.41) is 6.13.